The Bertz CT molecular complexity index is 1160. The summed E-state index contributed by atoms with van der Waals surface area (Å²) in [7, 11) is 1.56. The molecule has 1 aliphatic heterocycles. The van der Waals surface area contributed by atoms with Crippen LogP contribution in [-0.2, 0) is 15.7 Å². The first kappa shape index (κ1) is 24.0. The van der Waals surface area contributed by atoms with Crippen molar-refractivity contribution in [3.8, 4) is 5.75 Å². The first-order chi connectivity index (χ1) is 16.3. The van der Waals surface area contributed by atoms with Gasteiger partial charge in [-0.05, 0) is 37.1 Å². The minimum absolute atomic E-state index is 0.00961. The van der Waals surface area contributed by atoms with Crippen molar-refractivity contribution < 1.29 is 27.4 Å². The maximum atomic E-state index is 13.1. The minimum atomic E-state index is -4.66. The smallest absolute Gasteiger partial charge is 0.453 e. The zero-order valence-electron chi connectivity index (χ0n) is 18.2. The molecule has 0 atom stereocenters. The lowest BCUT2D eigenvalue weighted by atomic mass is 9.95. The molecule has 3 heterocycles. The summed E-state index contributed by atoms with van der Waals surface area (Å²) >= 11 is 6.22. The molecule has 3 aromatic rings. The van der Waals surface area contributed by atoms with Gasteiger partial charge in [-0.15, -0.1) is 15.3 Å². The standard InChI is InChI=1S/C21H22ClF3N6O3/c1-33-11-12-34-18-14(22)3-2-4-15(18)26-19(32)13-7-9-30(10-8-13)17-6-5-16-27-28-20(21(23,24)25)31(16)29-17/h2-6,13H,7-12H2,1H3,(H,26,32). The number of benzene rings is 1. The number of amides is 1. The molecule has 1 N–H and O–H groups in total. The summed E-state index contributed by atoms with van der Waals surface area (Å²) in [5, 5.41) is 14.0. The highest BCUT2D eigenvalue weighted by Gasteiger charge is 2.38. The van der Waals surface area contributed by atoms with Gasteiger partial charge in [0.1, 0.15) is 12.4 Å². The minimum Gasteiger partial charge on any atom is -0.487 e. The molecule has 13 heteroatoms. The number of piperidine rings is 1. The molecule has 1 amide bonds. The number of fused-ring (bicyclic) bond motifs is 1. The second-order valence-corrected chi connectivity index (χ2v) is 8.10. The van der Waals surface area contributed by atoms with Crippen LogP contribution in [0.5, 0.6) is 5.75 Å². The zero-order chi connectivity index (χ0) is 24.3. The fraction of sp³-hybridized carbons (Fsp3) is 0.429. The van der Waals surface area contributed by atoms with Crippen LogP contribution in [0.1, 0.15) is 18.7 Å². The second kappa shape index (κ2) is 10.0. The summed E-state index contributed by atoms with van der Waals surface area (Å²) in [6, 6.07) is 8.12. The van der Waals surface area contributed by atoms with Crippen molar-refractivity contribution in [2.45, 2.75) is 19.0 Å². The van der Waals surface area contributed by atoms with Crippen molar-refractivity contribution in [3.05, 3.63) is 41.2 Å². The van der Waals surface area contributed by atoms with Crippen LogP contribution in [0.3, 0.4) is 0 Å². The third-order valence-corrected chi connectivity index (χ3v) is 5.75. The van der Waals surface area contributed by atoms with Gasteiger partial charge < -0.3 is 19.7 Å². The Kier molecular flexibility index (Phi) is 7.08. The summed E-state index contributed by atoms with van der Waals surface area (Å²) in [6.45, 7) is 1.55. The summed E-state index contributed by atoms with van der Waals surface area (Å²) in [5.41, 5.74) is 0.478. The van der Waals surface area contributed by atoms with Crippen LogP contribution in [0.4, 0.5) is 24.7 Å². The van der Waals surface area contributed by atoms with Gasteiger partial charge in [0.2, 0.25) is 5.91 Å². The van der Waals surface area contributed by atoms with E-state index >= 15 is 0 Å². The SMILES string of the molecule is COCCOc1c(Cl)cccc1NC(=O)C1CCN(c2ccc3nnc(C(F)(F)F)n3n2)CC1. The van der Waals surface area contributed by atoms with E-state index in [1.54, 1.807) is 31.4 Å². The number of carbonyl (C=O) groups excluding carboxylic acids is 1. The second-order valence-electron chi connectivity index (χ2n) is 7.69. The van der Waals surface area contributed by atoms with Gasteiger partial charge >= 0.3 is 6.18 Å². The molecule has 0 saturated carbocycles. The number of methoxy groups -OCH3 is 1. The molecule has 0 bridgehead atoms. The van der Waals surface area contributed by atoms with E-state index in [4.69, 9.17) is 21.1 Å². The van der Waals surface area contributed by atoms with E-state index in [0.29, 0.717) is 59.3 Å². The van der Waals surface area contributed by atoms with Gasteiger partial charge in [0, 0.05) is 26.1 Å². The number of ether oxygens (including phenoxy) is 2. The normalized spacial score (nSPS) is 15.0. The molecule has 182 valence electrons. The zero-order valence-corrected chi connectivity index (χ0v) is 18.9. The molecule has 9 nitrogen and oxygen atoms in total. The molecule has 34 heavy (non-hydrogen) atoms. The summed E-state index contributed by atoms with van der Waals surface area (Å²) in [4.78, 5) is 14.7. The van der Waals surface area contributed by atoms with Gasteiger partial charge in [0.15, 0.2) is 11.4 Å². The fourth-order valence-electron chi connectivity index (χ4n) is 3.71. The monoisotopic (exact) mass is 498 g/mol. The van der Waals surface area contributed by atoms with Crippen molar-refractivity contribution in [1.82, 2.24) is 19.8 Å². The fourth-order valence-corrected chi connectivity index (χ4v) is 3.94. The number of nitrogens with zero attached hydrogens (tertiary/aromatic N) is 5. The average molecular weight is 499 g/mol. The lowest BCUT2D eigenvalue weighted by Gasteiger charge is -2.32. The van der Waals surface area contributed by atoms with Gasteiger partial charge in [0.05, 0.1) is 17.3 Å². The predicted octanol–water partition coefficient (Wildman–Crippen LogP) is 3.68. The van der Waals surface area contributed by atoms with Crippen molar-refractivity contribution >= 4 is 34.7 Å². The molecule has 0 radical (unpaired) electrons. The highest BCUT2D eigenvalue weighted by Crippen LogP contribution is 2.34. The van der Waals surface area contributed by atoms with Crippen LogP contribution in [0.15, 0.2) is 30.3 Å². The van der Waals surface area contributed by atoms with Crippen LogP contribution in [0.25, 0.3) is 5.65 Å². The molecule has 0 spiro atoms. The quantitative estimate of drug-likeness (QED) is 0.497. The molecule has 1 saturated heterocycles. The Balaban J connectivity index is 1.41. The Morgan fingerprint density at radius 1 is 1.18 bits per heavy atom. The van der Waals surface area contributed by atoms with E-state index in [9.17, 15) is 18.0 Å². The summed E-state index contributed by atoms with van der Waals surface area (Å²) < 4.78 is 50.7. The number of aromatic nitrogens is 4. The first-order valence-electron chi connectivity index (χ1n) is 10.5. The van der Waals surface area contributed by atoms with E-state index < -0.39 is 12.0 Å². The number of anilines is 2. The van der Waals surface area contributed by atoms with Crippen molar-refractivity contribution in [3.63, 3.8) is 0 Å². The Morgan fingerprint density at radius 3 is 2.65 bits per heavy atom. The topological polar surface area (TPSA) is 93.9 Å². The number of halogens is 4. The van der Waals surface area contributed by atoms with Gasteiger partial charge in [0.25, 0.3) is 5.82 Å². The van der Waals surface area contributed by atoms with E-state index in [2.05, 4.69) is 20.6 Å². The highest BCUT2D eigenvalue weighted by atomic mass is 35.5. The molecule has 1 aromatic carbocycles. The first-order valence-corrected chi connectivity index (χ1v) is 10.9. The molecular formula is C21H22ClF3N6O3. The molecule has 1 fully saturated rings. The van der Waals surface area contributed by atoms with Gasteiger partial charge in [-0.1, -0.05) is 17.7 Å². The average Bonchev–Trinajstić information content (AvgIpc) is 3.25. The van der Waals surface area contributed by atoms with Crippen LogP contribution < -0.4 is 15.0 Å². The van der Waals surface area contributed by atoms with E-state index in [1.807, 2.05) is 4.90 Å². The molecular weight excluding hydrogens is 477 g/mol. The van der Waals surface area contributed by atoms with Crippen molar-refractivity contribution in [1.29, 1.82) is 0 Å². The van der Waals surface area contributed by atoms with Crippen LogP contribution >= 0.6 is 11.6 Å². The summed E-state index contributed by atoms with van der Waals surface area (Å²) in [5.74, 6) is -0.908. The predicted molar refractivity (Wildman–Crippen MR) is 118 cm³/mol. The van der Waals surface area contributed by atoms with Crippen LogP contribution in [0.2, 0.25) is 5.02 Å². The van der Waals surface area contributed by atoms with Gasteiger partial charge in [-0.3, -0.25) is 4.79 Å². The largest absolute Gasteiger partial charge is 0.487 e. The maximum absolute atomic E-state index is 13.1. The lowest BCUT2D eigenvalue weighted by molar-refractivity contribution is -0.146. The van der Waals surface area contributed by atoms with Gasteiger partial charge in [-0.2, -0.15) is 17.7 Å². The Labute approximate surface area is 197 Å². The molecule has 4 rings (SSSR count). The third kappa shape index (κ3) is 5.17. The lowest BCUT2D eigenvalue weighted by Crippen LogP contribution is -2.38. The molecule has 0 aliphatic carbocycles. The van der Waals surface area contributed by atoms with E-state index in [1.165, 1.54) is 6.07 Å². The number of carbonyl (C=O) groups is 1. The van der Waals surface area contributed by atoms with E-state index in [-0.39, 0.29) is 24.1 Å². The maximum Gasteiger partial charge on any atom is 0.453 e. The van der Waals surface area contributed by atoms with Crippen LogP contribution in [-0.4, -0.2) is 59.1 Å². The number of para-hydroxylation sites is 1. The van der Waals surface area contributed by atoms with Crippen molar-refractivity contribution in [2.24, 2.45) is 5.92 Å². The summed E-state index contributed by atoms with van der Waals surface area (Å²) in [6.07, 6.45) is -3.66. The Hall–Kier alpha value is -3.12. The number of hydrogen-bond donors (Lipinski definition) is 1. The highest BCUT2D eigenvalue weighted by molar-refractivity contribution is 6.32. The molecule has 2 aromatic heterocycles. The Morgan fingerprint density at radius 2 is 1.94 bits per heavy atom. The van der Waals surface area contributed by atoms with Crippen molar-refractivity contribution in [2.75, 3.05) is 43.6 Å². The van der Waals surface area contributed by atoms with Gasteiger partial charge in [-0.25, -0.2) is 0 Å². The number of rotatable bonds is 7. The van der Waals surface area contributed by atoms with Crippen LogP contribution in [0, 0.1) is 5.92 Å². The molecule has 0 unspecified atom stereocenters. The molecule has 1 aliphatic rings. The number of hydrogen-bond acceptors (Lipinski definition) is 7. The number of alkyl halides is 3. The van der Waals surface area contributed by atoms with E-state index in [0.717, 1.165) is 0 Å². The third-order valence-electron chi connectivity index (χ3n) is 5.45. The number of nitrogens with one attached hydrogen (secondary N) is 1.